The van der Waals surface area contributed by atoms with Gasteiger partial charge < -0.3 is 4.74 Å². The van der Waals surface area contributed by atoms with Gasteiger partial charge in [-0.15, -0.1) is 0 Å². The van der Waals surface area contributed by atoms with E-state index in [1.165, 1.54) is 0 Å². The van der Waals surface area contributed by atoms with E-state index in [4.69, 9.17) is 4.74 Å². The third-order valence-corrected chi connectivity index (χ3v) is 5.40. The van der Waals surface area contributed by atoms with Crippen LogP contribution in [0.1, 0.15) is 42.4 Å². The van der Waals surface area contributed by atoms with Crippen LogP contribution in [-0.2, 0) is 14.9 Å². The van der Waals surface area contributed by atoms with Crippen LogP contribution in [0.15, 0.2) is 103 Å². The fraction of sp³-hybridized carbons (Fsp3) is 0.192. The van der Waals surface area contributed by atoms with Gasteiger partial charge in [-0.25, -0.2) is 4.79 Å². The first-order valence-corrected chi connectivity index (χ1v) is 9.89. The van der Waals surface area contributed by atoms with Crippen molar-refractivity contribution in [2.45, 2.75) is 31.1 Å². The minimum absolute atomic E-state index is 0. The van der Waals surface area contributed by atoms with Gasteiger partial charge in [0.1, 0.15) is 11.2 Å². The minimum atomic E-state index is -1.01. The van der Waals surface area contributed by atoms with Crippen molar-refractivity contribution in [1.29, 1.82) is 0 Å². The Kier molecular flexibility index (Phi) is 7.42. The molecule has 0 amide bonds. The number of rotatable bonds is 5. The normalized spacial score (nSPS) is 13.7. The zero-order valence-corrected chi connectivity index (χ0v) is 22.1. The molecule has 0 saturated heterocycles. The number of carbonyl (C=O) groups excluding carboxylic acids is 1. The Morgan fingerprint density at radius 1 is 0.690 bits per heavy atom. The van der Waals surface area contributed by atoms with Crippen molar-refractivity contribution in [1.82, 2.24) is 0 Å². The zero-order valence-electron chi connectivity index (χ0n) is 16.6. The number of carbonyl (C=O) groups is 1. The Morgan fingerprint density at radius 3 is 1.52 bits per heavy atom. The van der Waals surface area contributed by atoms with E-state index >= 15 is 0 Å². The number of hydrogen-bond acceptors (Lipinski definition) is 2. The summed E-state index contributed by atoms with van der Waals surface area (Å²) in [6, 6.07) is 29.8. The summed E-state index contributed by atoms with van der Waals surface area (Å²) >= 11 is 0. The summed E-state index contributed by atoms with van der Waals surface area (Å²) in [5.74, 6) is 0.549. The van der Waals surface area contributed by atoms with Gasteiger partial charge in [0.15, 0.2) is 0 Å². The van der Waals surface area contributed by atoms with Crippen LogP contribution in [0.4, 0.5) is 0 Å². The molecule has 29 heavy (non-hydrogen) atoms. The summed E-state index contributed by atoms with van der Waals surface area (Å²) in [7, 11) is 0. The van der Waals surface area contributed by atoms with Gasteiger partial charge in [-0.05, 0) is 42.0 Å². The Hall–Kier alpha value is -2.21. The number of ether oxygens (including phenoxy) is 1. The standard InChI is InChI=1S/C26H24O2.Pb.2H/c27-25(28-24-19-11-4-12-20-24)26(21-13-5-1-6-14-21,22-15-7-2-8-16-22)23-17-9-3-10-18-23;;;/h1-3,5-10,13-19H,4,11-12,20H2;;;. The molecule has 0 aliphatic heterocycles. The van der Waals surface area contributed by atoms with E-state index in [2.05, 4.69) is 6.08 Å². The maximum atomic E-state index is 13.9. The molecule has 3 aromatic rings. The van der Waals surface area contributed by atoms with Crippen LogP contribution >= 0.6 is 0 Å². The molecular weight excluding hydrogens is 551 g/mol. The number of allylic oxidation sites excluding steroid dienone is 2. The average Bonchev–Trinajstić information content (AvgIpc) is 2.77. The summed E-state index contributed by atoms with van der Waals surface area (Å²) in [5.41, 5.74) is 1.72. The molecule has 2 radical (unpaired) electrons. The van der Waals surface area contributed by atoms with Crippen LogP contribution in [0.2, 0.25) is 0 Å². The van der Waals surface area contributed by atoms with Crippen molar-refractivity contribution in [3.8, 4) is 0 Å². The molecular formula is C26H26O2Pb. The third kappa shape index (κ3) is 4.37. The van der Waals surface area contributed by atoms with E-state index in [9.17, 15) is 4.79 Å². The predicted molar refractivity (Wildman–Crippen MR) is 120 cm³/mol. The Labute approximate surface area is 192 Å². The molecule has 0 saturated carbocycles. The summed E-state index contributed by atoms with van der Waals surface area (Å²) in [6.07, 6.45) is 6.07. The van der Waals surface area contributed by atoms with Crippen molar-refractivity contribution in [3.05, 3.63) is 120 Å². The van der Waals surface area contributed by atoms with E-state index < -0.39 is 5.41 Å². The molecule has 4 rings (SSSR count). The van der Waals surface area contributed by atoms with Crippen LogP contribution in [0.3, 0.4) is 0 Å². The molecule has 3 aromatic carbocycles. The first kappa shape index (κ1) is 21.5. The van der Waals surface area contributed by atoms with Crippen molar-refractivity contribution in [3.63, 3.8) is 0 Å². The van der Waals surface area contributed by atoms with Crippen LogP contribution in [0.5, 0.6) is 0 Å². The Morgan fingerprint density at radius 2 is 1.14 bits per heavy atom. The quantitative estimate of drug-likeness (QED) is 0.240. The van der Waals surface area contributed by atoms with Gasteiger partial charge in [0.25, 0.3) is 0 Å². The van der Waals surface area contributed by atoms with E-state index in [0.717, 1.165) is 48.1 Å². The van der Waals surface area contributed by atoms with Gasteiger partial charge in [0.2, 0.25) is 0 Å². The van der Waals surface area contributed by atoms with Crippen LogP contribution < -0.4 is 0 Å². The van der Waals surface area contributed by atoms with E-state index in [1.54, 1.807) is 0 Å². The summed E-state index contributed by atoms with van der Waals surface area (Å²) in [4.78, 5) is 13.9. The van der Waals surface area contributed by atoms with Gasteiger partial charge in [0, 0.05) is 6.42 Å². The topological polar surface area (TPSA) is 26.3 Å². The van der Waals surface area contributed by atoms with Gasteiger partial charge in [-0.1, -0.05) is 91.0 Å². The van der Waals surface area contributed by atoms with Gasteiger partial charge in [0.05, 0.1) is 0 Å². The van der Waals surface area contributed by atoms with E-state index in [0.29, 0.717) is 0 Å². The van der Waals surface area contributed by atoms with Crippen LogP contribution in [0, 0.1) is 0 Å². The molecule has 1 aliphatic carbocycles. The van der Waals surface area contributed by atoms with Crippen LogP contribution in [-0.4, -0.2) is 33.3 Å². The maximum absolute atomic E-state index is 13.9. The Balaban J connectivity index is 0.00000240. The molecule has 3 heteroatoms. The summed E-state index contributed by atoms with van der Waals surface area (Å²) < 4.78 is 6.04. The molecule has 2 nitrogen and oxygen atoms in total. The molecule has 0 unspecified atom stereocenters. The second-order valence-corrected chi connectivity index (χ2v) is 7.15. The second kappa shape index (κ2) is 10.0. The third-order valence-electron chi connectivity index (χ3n) is 5.40. The monoisotopic (exact) mass is 578 g/mol. The Bertz CT molecular complexity index is 853. The molecule has 1 aliphatic rings. The molecule has 0 fully saturated rings. The molecule has 0 heterocycles. The van der Waals surface area contributed by atoms with Crippen molar-refractivity contribution in [2.75, 3.05) is 0 Å². The van der Waals surface area contributed by atoms with Crippen molar-refractivity contribution < 1.29 is 9.53 Å². The second-order valence-electron chi connectivity index (χ2n) is 7.15. The van der Waals surface area contributed by atoms with Gasteiger partial charge in [-0.3, -0.25) is 0 Å². The molecule has 0 atom stereocenters. The van der Waals surface area contributed by atoms with E-state index in [1.807, 2.05) is 91.0 Å². The molecule has 0 N–H and O–H groups in total. The predicted octanol–water partition coefficient (Wildman–Crippen LogP) is 5.11. The fourth-order valence-corrected chi connectivity index (χ4v) is 4.02. The van der Waals surface area contributed by atoms with Crippen LogP contribution in [0.25, 0.3) is 0 Å². The average molecular weight is 578 g/mol. The number of esters is 1. The van der Waals surface area contributed by atoms with Gasteiger partial charge >= 0.3 is 33.3 Å². The summed E-state index contributed by atoms with van der Waals surface area (Å²) in [5, 5.41) is 0. The number of hydrogen-bond donors (Lipinski definition) is 0. The molecule has 146 valence electrons. The SMILES string of the molecule is O=C(OC1=CCCCC1)C(c1ccccc1)(c1ccccc1)c1ccccc1.[PbH2]. The van der Waals surface area contributed by atoms with Gasteiger partial charge in [-0.2, -0.15) is 0 Å². The first-order chi connectivity index (χ1) is 13.8. The summed E-state index contributed by atoms with van der Waals surface area (Å²) in [6.45, 7) is 0. The molecule has 0 spiro atoms. The number of benzene rings is 3. The van der Waals surface area contributed by atoms with Crippen molar-refractivity contribution >= 4 is 33.3 Å². The molecule has 0 bridgehead atoms. The van der Waals surface area contributed by atoms with E-state index in [-0.39, 0.29) is 33.3 Å². The zero-order chi connectivity index (χ0) is 19.2. The molecule has 0 aromatic heterocycles. The fourth-order valence-electron chi connectivity index (χ4n) is 4.02. The first-order valence-electron chi connectivity index (χ1n) is 9.89. The van der Waals surface area contributed by atoms with Crippen molar-refractivity contribution in [2.24, 2.45) is 0 Å².